The Morgan fingerprint density at radius 1 is 0.862 bits per heavy atom. The standard InChI is InChI=1S/C25H19NO3/c1-16-22(27)20-12-7-13-21(24(20)29-23(16)17-8-3-2-4-9-17)25(28)26-14-18-10-5-6-11-19(18)15-26/h2-13H,14-15H2,1H3. The minimum Gasteiger partial charge on any atom is -0.455 e. The Balaban J connectivity index is 1.64. The first-order chi connectivity index (χ1) is 14.1. The maximum Gasteiger partial charge on any atom is 0.258 e. The number of hydrogen-bond acceptors (Lipinski definition) is 3. The Labute approximate surface area is 168 Å². The van der Waals surface area contributed by atoms with Crippen LogP contribution in [-0.2, 0) is 13.1 Å². The smallest absolute Gasteiger partial charge is 0.258 e. The van der Waals surface area contributed by atoms with Crippen LogP contribution in [0.4, 0.5) is 0 Å². The summed E-state index contributed by atoms with van der Waals surface area (Å²) in [5.41, 5.74) is 4.34. The number of rotatable bonds is 2. The van der Waals surface area contributed by atoms with E-state index < -0.39 is 0 Å². The molecule has 5 rings (SSSR count). The van der Waals surface area contributed by atoms with Gasteiger partial charge in [-0.3, -0.25) is 9.59 Å². The molecule has 0 fully saturated rings. The molecule has 4 nitrogen and oxygen atoms in total. The molecule has 142 valence electrons. The van der Waals surface area contributed by atoms with Gasteiger partial charge in [-0.1, -0.05) is 60.7 Å². The fourth-order valence-corrected chi connectivity index (χ4v) is 3.99. The molecule has 1 amide bonds. The summed E-state index contributed by atoms with van der Waals surface area (Å²) in [5, 5.41) is 0.435. The van der Waals surface area contributed by atoms with Crippen molar-refractivity contribution in [1.29, 1.82) is 0 Å². The van der Waals surface area contributed by atoms with E-state index >= 15 is 0 Å². The second-order valence-electron chi connectivity index (χ2n) is 7.36. The number of fused-ring (bicyclic) bond motifs is 2. The van der Waals surface area contributed by atoms with Crippen LogP contribution in [0, 0.1) is 6.92 Å². The van der Waals surface area contributed by atoms with Crippen molar-refractivity contribution in [1.82, 2.24) is 4.90 Å². The molecule has 0 N–H and O–H groups in total. The van der Waals surface area contributed by atoms with Gasteiger partial charge in [-0.25, -0.2) is 0 Å². The summed E-state index contributed by atoms with van der Waals surface area (Å²) in [6, 6.07) is 22.8. The maximum absolute atomic E-state index is 13.3. The molecule has 0 aliphatic carbocycles. The minimum absolute atomic E-state index is 0.107. The third kappa shape index (κ3) is 2.85. The first kappa shape index (κ1) is 17.4. The SMILES string of the molecule is Cc1c(-c2ccccc2)oc2c(C(=O)N3Cc4ccccc4C3)cccc2c1=O. The van der Waals surface area contributed by atoms with Crippen molar-refractivity contribution in [3.63, 3.8) is 0 Å². The second-order valence-corrected chi connectivity index (χ2v) is 7.36. The van der Waals surface area contributed by atoms with E-state index in [1.54, 1.807) is 30.0 Å². The summed E-state index contributed by atoms with van der Waals surface area (Å²) in [6.45, 7) is 2.89. The highest BCUT2D eigenvalue weighted by molar-refractivity contribution is 6.05. The molecule has 0 saturated carbocycles. The van der Waals surface area contributed by atoms with Gasteiger partial charge < -0.3 is 9.32 Å². The second kappa shape index (κ2) is 6.74. The third-order valence-corrected chi connectivity index (χ3v) is 5.54. The molecular weight excluding hydrogens is 362 g/mol. The number of benzene rings is 3. The van der Waals surface area contributed by atoms with Crippen molar-refractivity contribution in [2.75, 3.05) is 0 Å². The van der Waals surface area contributed by atoms with Crippen LogP contribution in [0.15, 0.2) is 82.0 Å². The Kier molecular flexibility index (Phi) is 4.06. The van der Waals surface area contributed by atoms with Gasteiger partial charge in [0.1, 0.15) is 5.76 Å². The zero-order valence-electron chi connectivity index (χ0n) is 16.0. The summed E-state index contributed by atoms with van der Waals surface area (Å²) in [4.78, 5) is 28.1. The lowest BCUT2D eigenvalue weighted by atomic mass is 10.0. The summed E-state index contributed by atoms with van der Waals surface area (Å²) in [6.07, 6.45) is 0. The Morgan fingerprint density at radius 2 is 1.52 bits per heavy atom. The highest BCUT2D eigenvalue weighted by Gasteiger charge is 2.26. The molecule has 0 unspecified atom stereocenters. The van der Waals surface area contributed by atoms with Crippen molar-refractivity contribution < 1.29 is 9.21 Å². The van der Waals surface area contributed by atoms with E-state index in [1.165, 1.54) is 0 Å². The van der Waals surface area contributed by atoms with Gasteiger partial charge in [0.05, 0.1) is 10.9 Å². The molecule has 1 aromatic heterocycles. The van der Waals surface area contributed by atoms with Gasteiger partial charge in [-0.15, -0.1) is 0 Å². The lowest BCUT2D eigenvalue weighted by molar-refractivity contribution is 0.0752. The van der Waals surface area contributed by atoms with Crippen molar-refractivity contribution in [3.8, 4) is 11.3 Å². The van der Waals surface area contributed by atoms with Crippen molar-refractivity contribution >= 4 is 16.9 Å². The largest absolute Gasteiger partial charge is 0.455 e. The number of nitrogens with zero attached hydrogens (tertiary/aromatic N) is 1. The summed E-state index contributed by atoms with van der Waals surface area (Å²) in [5.74, 6) is 0.380. The molecular formula is C25H19NO3. The lowest BCUT2D eigenvalue weighted by Crippen LogP contribution is -2.25. The van der Waals surface area contributed by atoms with E-state index in [0.29, 0.717) is 40.9 Å². The van der Waals surface area contributed by atoms with Crippen LogP contribution in [0.1, 0.15) is 27.0 Å². The van der Waals surface area contributed by atoms with Gasteiger partial charge in [-0.05, 0) is 30.2 Å². The molecule has 0 spiro atoms. The maximum atomic E-state index is 13.3. The first-order valence-electron chi connectivity index (χ1n) is 9.61. The minimum atomic E-state index is -0.127. The number of amides is 1. The van der Waals surface area contributed by atoms with Crippen LogP contribution < -0.4 is 5.43 Å². The van der Waals surface area contributed by atoms with Gasteiger partial charge in [0, 0.05) is 24.2 Å². The van der Waals surface area contributed by atoms with E-state index in [9.17, 15) is 9.59 Å². The van der Waals surface area contributed by atoms with Crippen LogP contribution in [0.5, 0.6) is 0 Å². The van der Waals surface area contributed by atoms with Gasteiger partial charge >= 0.3 is 0 Å². The Hall–Kier alpha value is -3.66. The first-order valence-corrected chi connectivity index (χ1v) is 9.61. The lowest BCUT2D eigenvalue weighted by Gasteiger charge is -2.17. The van der Waals surface area contributed by atoms with E-state index in [2.05, 4.69) is 0 Å². The average Bonchev–Trinajstić information content (AvgIpc) is 3.20. The molecule has 0 bridgehead atoms. The Morgan fingerprint density at radius 3 is 2.21 bits per heavy atom. The predicted molar refractivity (Wildman–Crippen MR) is 113 cm³/mol. The van der Waals surface area contributed by atoms with Crippen LogP contribution in [-0.4, -0.2) is 10.8 Å². The summed E-state index contributed by atoms with van der Waals surface area (Å²) >= 11 is 0. The summed E-state index contributed by atoms with van der Waals surface area (Å²) < 4.78 is 6.20. The summed E-state index contributed by atoms with van der Waals surface area (Å²) in [7, 11) is 0. The highest BCUT2D eigenvalue weighted by Crippen LogP contribution is 2.30. The van der Waals surface area contributed by atoms with Crippen LogP contribution in [0.25, 0.3) is 22.3 Å². The van der Waals surface area contributed by atoms with Gasteiger partial charge in [0.25, 0.3) is 5.91 Å². The average molecular weight is 381 g/mol. The van der Waals surface area contributed by atoms with E-state index in [4.69, 9.17) is 4.42 Å². The van der Waals surface area contributed by atoms with E-state index in [1.807, 2.05) is 54.6 Å². The highest BCUT2D eigenvalue weighted by atomic mass is 16.3. The molecule has 4 heteroatoms. The molecule has 1 aliphatic rings. The van der Waals surface area contributed by atoms with Gasteiger partial charge in [0.15, 0.2) is 11.0 Å². The molecule has 0 atom stereocenters. The quantitative estimate of drug-likeness (QED) is 0.495. The zero-order chi connectivity index (χ0) is 20.0. The molecule has 3 aromatic carbocycles. The number of carbonyl (C=O) groups excluding carboxylic acids is 1. The molecule has 0 saturated heterocycles. The fourth-order valence-electron chi connectivity index (χ4n) is 3.99. The van der Waals surface area contributed by atoms with Gasteiger partial charge in [0.2, 0.25) is 0 Å². The molecule has 1 aliphatic heterocycles. The monoisotopic (exact) mass is 381 g/mol. The number of hydrogen-bond donors (Lipinski definition) is 0. The van der Waals surface area contributed by atoms with Gasteiger partial charge in [-0.2, -0.15) is 0 Å². The molecule has 29 heavy (non-hydrogen) atoms. The van der Waals surface area contributed by atoms with Crippen molar-refractivity contribution in [2.24, 2.45) is 0 Å². The van der Waals surface area contributed by atoms with Crippen LogP contribution in [0.2, 0.25) is 0 Å². The molecule has 2 heterocycles. The predicted octanol–water partition coefficient (Wildman–Crippen LogP) is 4.92. The van der Waals surface area contributed by atoms with Crippen LogP contribution in [0.3, 0.4) is 0 Å². The molecule has 0 radical (unpaired) electrons. The zero-order valence-corrected chi connectivity index (χ0v) is 16.0. The fraction of sp³-hybridized carbons (Fsp3) is 0.120. The van der Waals surface area contributed by atoms with Crippen molar-refractivity contribution in [3.05, 3.63) is 105 Å². The van der Waals surface area contributed by atoms with E-state index in [-0.39, 0.29) is 11.3 Å². The molecule has 4 aromatic rings. The Bertz CT molecular complexity index is 1280. The third-order valence-electron chi connectivity index (χ3n) is 5.54. The topological polar surface area (TPSA) is 50.5 Å². The van der Waals surface area contributed by atoms with Crippen LogP contribution >= 0.6 is 0 Å². The van der Waals surface area contributed by atoms with E-state index in [0.717, 1.165) is 16.7 Å². The number of carbonyl (C=O) groups is 1. The van der Waals surface area contributed by atoms with Crippen molar-refractivity contribution in [2.45, 2.75) is 20.0 Å². The normalized spacial score (nSPS) is 12.9. The number of para-hydroxylation sites is 1.